The number of nitrogens with one attached hydrogen (secondary N) is 2. The SMILES string of the molecule is COCC(C)NC(=O)C1CCN(C(=O)NC2CC2)CC1. The Labute approximate surface area is 120 Å². The van der Waals surface area contributed by atoms with Crippen molar-refractivity contribution in [3.05, 3.63) is 0 Å². The van der Waals surface area contributed by atoms with Crippen LogP contribution in [0.25, 0.3) is 0 Å². The molecule has 2 fully saturated rings. The van der Waals surface area contributed by atoms with Gasteiger partial charge in [0.1, 0.15) is 0 Å². The number of nitrogens with zero attached hydrogens (tertiary/aromatic N) is 1. The fourth-order valence-electron chi connectivity index (χ4n) is 2.49. The molecule has 6 heteroatoms. The molecule has 2 rings (SSSR count). The first kappa shape index (κ1) is 15.1. The summed E-state index contributed by atoms with van der Waals surface area (Å²) in [5.74, 6) is 0.0936. The number of likely N-dealkylation sites (tertiary alicyclic amines) is 1. The molecule has 0 aromatic heterocycles. The molecule has 0 radical (unpaired) electrons. The number of ether oxygens (including phenoxy) is 1. The van der Waals surface area contributed by atoms with Gasteiger partial charge in [-0.3, -0.25) is 4.79 Å². The zero-order valence-corrected chi connectivity index (χ0v) is 12.4. The lowest BCUT2D eigenvalue weighted by Gasteiger charge is -2.32. The van der Waals surface area contributed by atoms with Crippen LogP contribution >= 0.6 is 0 Å². The highest BCUT2D eigenvalue weighted by molar-refractivity contribution is 5.80. The van der Waals surface area contributed by atoms with Crippen molar-refractivity contribution in [1.29, 1.82) is 0 Å². The van der Waals surface area contributed by atoms with E-state index in [-0.39, 0.29) is 23.9 Å². The Bertz CT molecular complexity index is 350. The first-order valence-corrected chi connectivity index (χ1v) is 7.45. The number of amides is 3. The van der Waals surface area contributed by atoms with Gasteiger partial charge in [0.05, 0.1) is 6.61 Å². The van der Waals surface area contributed by atoms with Gasteiger partial charge in [-0.1, -0.05) is 0 Å². The highest BCUT2D eigenvalue weighted by Gasteiger charge is 2.30. The van der Waals surface area contributed by atoms with Crippen LogP contribution in [-0.4, -0.2) is 55.7 Å². The molecule has 3 amide bonds. The Hall–Kier alpha value is -1.30. The summed E-state index contributed by atoms with van der Waals surface area (Å²) in [5, 5.41) is 5.94. The molecule has 114 valence electrons. The van der Waals surface area contributed by atoms with Gasteiger partial charge in [0.2, 0.25) is 5.91 Å². The van der Waals surface area contributed by atoms with E-state index in [1.165, 1.54) is 0 Å². The zero-order chi connectivity index (χ0) is 14.5. The first-order chi connectivity index (χ1) is 9.60. The Morgan fingerprint density at radius 2 is 1.90 bits per heavy atom. The van der Waals surface area contributed by atoms with Crippen molar-refractivity contribution in [1.82, 2.24) is 15.5 Å². The third kappa shape index (κ3) is 4.37. The van der Waals surface area contributed by atoms with Gasteiger partial charge in [-0.2, -0.15) is 0 Å². The maximum atomic E-state index is 12.1. The number of rotatable bonds is 5. The number of urea groups is 1. The van der Waals surface area contributed by atoms with Crippen LogP contribution in [0.4, 0.5) is 4.79 Å². The van der Waals surface area contributed by atoms with Gasteiger partial charge in [0.15, 0.2) is 0 Å². The molecule has 1 heterocycles. The van der Waals surface area contributed by atoms with Gasteiger partial charge in [-0.05, 0) is 32.6 Å². The normalized spacial score (nSPS) is 21.4. The molecule has 1 aliphatic heterocycles. The molecular weight excluding hydrogens is 258 g/mol. The number of methoxy groups -OCH3 is 1. The molecule has 20 heavy (non-hydrogen) atoms. The Morgan fingerprint density at radius 3 is 2.45 bits per heavy atom. The second-order valence-electron chi connectivity index (χ2n) is 5.85. The second-order valence-corrected chi connectivity index (χ2v) is 5.85. The topological polar surface area (TPSA) is 70.7 Å². The van der Waals surface area contributed by atoms with Crippen molar-refractivity contribution < 1.29 is 14.3 Å². The number of carbonyl (C=O) groups excluding carboxylic acids is 2. The highest BCUT2D eigenvalue weighted by atomic mass is 16.5. The van der Waals surface area contributed by atoms with Crippen LogP contribution in [0.5, 0.6) is 0 Å². The Balaban J connectivity index is 1.69. The first-order valence-electron chi connectivity index (χ1n) is 7.45. The van der Waals surface area contributed by atoms with Gasteiger partial charge in [-0.25, -0.2) is 4.79 Å². The molecule has 2 aliphatic rings. The fourth-order valence-corrected chi connectivity index (χ4v) is 2.49. The monoisotopic (exact) mass is 283 g/mol. The Kier molecular flexibility index (Phi) is 5.23. The third-order valence-corrected chi connectivity index (χ3v) is 3.86. The summed E-state index contributed by atoms with van der Waals surface area (Å²) in [6.07, 6.45) is 3.68. The molecule has 0 aromatic carbocycles. The van der Waals surface area contributed by atoms with Crippen LogP contribution in [0.1, 0.15) is 32.6 Å². The smallest absolute Gasteiger partial charge is 0.317 e. The van der Waals surface area contributed by atoms with E-state index in [4.69, 9.17) is 4.74 Å². The molecule has 2 N–H and O–H groups in total. The average Bonchev–Trinajstić information content (AvgIpc) is 3.23. The van der Waals surface area contributed by atoms with Crippen molar-refractivity contribution in [3.63, 3.8) is 0 Å². The molecule has 0 spiro atoms. The maximum Gasteiger partial charge on any atom is 0.317 e. The molecule has 1 unspecified atom stereocenters. The molecule has 1 saturated heterocycles. The lowest BCUT2D eigenvalue weighted by Crippen LogP contribution is -2.48. The molecule has 6 nitrogen and oxygen atoms in total. The lowest BCUT2D eigenvalue weighted by molar-refractivity contribution is -0.127. The van der Waals surface area contributed by atoms with Gasteiger partial charge in [0, 0.05) is 38.2 Å². The number of piperidine rings is 1. The number of hydrogen-bond donors (Lipinski definition) is 2. The van der Waals surface area contributed by atoms with Crippen molar-refractivity contribution >= 4 is 11.9 Å². The molecule has 1 atom stereocenters. The van der Waals surface area contributed by atoms with Gasteiger partial charge >= 0.3 is 6.03 Å². The van der Waals surface area contributed by atoms with Crippen LogP contribution in [0.2, 0.25) is 0 Å². The van der Waals surface area contributed by atoms with E-state index in [0.717, 1.165) is 25.7 Å². The predicted octanol–water partition coefficient (Wildman–Crippen LogP) is 0.722. The minimum absolute atomic E-state index is 0.0132. The van der Waals surface area contributed by atoms with Crippen LogP contribution in [-0.2, 0) is 9.53 Å². The summed E-state index contributed by atoms with van der Waals surface area (Å²) in [7, 11) is 1.62. The quantitative estimate of drug-likeness (QED) is 0.781. The van der Waals surface area contributed by atoms with Crippen molar-refractivity contribution in [2.75, 3.05) is 26.8 Å². The number of carbonyl (C=O) groups is 2. The lowest BCUT2D eigenvalue weighted by atomic mass is 9.96. The standard InChI is InChI=1S/C14H25N3O3/c1-10(9-20-2)15-13(18)11-5-7-17(8-6-11)14(19)16-12-3-4-12/h10-12H,3-9H2,1-2H3,(H,15,18)(H,16,19). The van der Waals surface area contributed by atoms with Crippen molar-refractivity contribution in [2.24, 2.45) is 5.92 Å². The molecule has 1 aliphatic carbocycles. The zero-order valence-electron chi connectivity index (χ0n) is 12.4. The summed E-state index contributed by atoms with van der Waals surface area (Å²) in [6, 6.07) is 0.446. The van der Waals surface area contributed by atoms with E-state index in [9.17, 15) is 9.59 Å². The van der Waals surface area contributed by atoms with Crippen LogP contribution in [0, 0.1) is 5.92 Å². The number of hydrogen-bond acceptors (Lipinski definition) is 3. The van der Waals surface area contributed by atoms with E-state index in [0.29, 0.717) is 25.7 Å². The summed E-state index contributed by atoms with van der Waals surface area (Å²) < 4.78 is 5.01. The molecule has 0 bridgehead atoms. The Morgan fingerprint density at radius 1 is 1.25 bits per heavy atom. The van der Waals surface area contributed by atoms with Gasteiger partial charge < -0.3 is 20.3 Å². The van der Waals surface area contributed by atoms with Gasteiger partial charge in [-0.15, -0.1) is 0 Å². The van der Waals surface area contributed by atoms with E-state index < -0.39 is 0 Å². The molecular formula is C14H25N3O3. The second kappa shape index (κ2) is 6.92. The van der Waals surface area contributed by atoms with E-state index in [1.807, 2.05) is 11.8 Å². The van der Waals surface area contributed by atoms with Crippen molar-refractivity contribution in [2.45, 2.75) is 44.7 Å². The summed E-state index contributed by atoms with van der Waals surface area (Å²) in [5.41, 5.74) is 0. The molecule has 1 saturated carbocycles. The minimum atomic E-state index is 0.0132. The maximum absolute atomic E-state index is 12.1. The predicted molar refractivity (Wildman–Crippen MR) is 75.3 cm³/mol. The van der Waals surface area contributed by atoms with Crippen molar-refractivity contribution in [3.8, 4) is 0 Å². The summed E-state index contributed by atoms with van der Waals surface area (Å²) >= 11 is 0. The summed E-state index contributed by atoms with van der Waals surface area (Å²) in [4.78, 5) is 25.8. The minimum Gasteiger partial charge on any atom is -0.383 e. The van der Waals surface area contributed by atoms with E-state index >= 15 is 0 Å². The third-order valence-electron chi connectivity index (χ3n) is 3.86. The molecule has 0 aromatic rings. The summed E-state index contributed by atoms with van der Waals surface area (Å²) in [6.45, 7) is 3.78. The van der Waals surface area contributed by atoms with E-state index in [2.05, 4.69) is 10.6 Å². The largest absolute Gasteiger partial charge is 0.383 e. The van der Waals surface area contributed by atoms with E-state index in [1.54, 1.807) is 7.11 Å². The fraction of sp³-hybridized carbons (Fsp3) is 0.857. The van der Waals surface area contributed by atoms with Crippen LogP contribution < -0.4 is 10.6 Å². The average molecular weight is 283 g/mol. The van der Waals surface area contributed by atoms with Crippen LogP contribution in [0.15, 0.2) is 0 Å². The highest BCUT2D eigenvalue weighted by Crippen LogP contribution is 2.21. The van der Waals surface area contributed by atoms with Gasteiger partial charge in [0.25, 0.3) is 0 Å². The van der Waals surface area contributed by atoms with Crippen LogP contribution in [0.3, 0.4) is 0 Å².